The first-order chi connectivity index (χ1) is 9.63. The fourth-order valence-corrected chi connectivity index (χ4v) is 2.56. The fourth-order valence-electron chi connectivity index (χ4n) is 2.08. The first-order valence-corrected chi connectivity index (χ1v) is 7.61. The van der Waals surface area contributed by atoms with Crippen LogP contribution in [0.25, 0.3) is 10.8 Å². The Hall–Kier alpha value is -1.39. The summed E-state index contributed by atoms with van der Waals surface area (Å²) in [5.41, 5.74) is 0.858. The summed E-state index contributed by atoms with van der Waals surface area (Å²) in [6.07, 6.45) is 0. The molecule has 1 amide bonds. The van der Waals surface area contributed by atoms with E-state index in [2.05, 4.69) is 26.6 Å². The molecule has 2 N–H and O–H groups in total. The zero-order valence-electron chi connectivity index (χ0n) is 11.7. The highest BCUT2D eigenvalue weighted by Crippen LogP contribution is 2.30. The third-order valence-corrected chi connectivity index (χ3v) is 3.97. The van der Waals surface area contributed by atoms with Crippen molar-refractivity contribution < 1.29 is 4.79 Å². The molecule has 2 aromatic carbocycles. The molecule has 0 aliphatic carbocycles. The smallest absolute Gasteiger partial charge is 0.228 e. The lowest BCUT2D eigenvalue weighted by atomic mass is 10.1. The van der Waals surface area contributed by atoms with Crippen LogP contribution in [0.3, 0.4) is 0 Å². The van der Waals surface area contributed by atoms with Gasteiger partial charge in [-0.05, 0) is 24.1 Å². The molecule has 1 unspecified atom stereocenters. The summed E-state index contributed by atoms with van der Waals surface area (Å²) in [4.78, 5) is 12.2. The molecular formula is C16H19BrN2O. The number of hydrogen-bond donors (Lipinski definition) is 2. The van der Waals surface area contributed by atoms with Crippen molar-refractivity contribution in [2.45, 2.75) is 13.8 Å². The minimum atomic E-state index is -0.0580. The number of benzene rings is 2. The molecule has 2 aromatic rings. The maximum atomic E-state index is 12.2. The molecule has 0 bridgehead atoms. The number of carbonyl (C=O) groups is 1. The topological polar surface area (TPSA) is 41.1 Å². The van der Waals surface area contributed by atoms with Crippen LogP contribution in [0, 0.1) is 5.92 Å². The molecule has 4 heteroatoms. The third-order valence-electron chi connectivity index (χ3n) is 3.28. The van der Waals surface area contributed by atoms with Crippen molar-refractivity contribution >= 4 is 38.3 Å². The van der Waals surface area contributed by atoms with Gasteiger partial charge >= 0.3 is 0 Å². The predicted octanol–water partition coefficient (Wildman–Crippen LogP) is 3.79. The lowest BCUT2D eigenvalue weighted by Crippen LogP contribution is -2.30. The van der Waals surface area contributed by atoms with E-state index in [9.17, 15) is 4.79 Å². The lowest BCUT2D eigenvalue weighted by molar-refractivity contribution is -0.119. The normalized spacial score (nSPS) is 12.3. The van der Waals surface area contributed by atoms with Crippen LogP contribution in [0.15, 0.2) is 40.9 Å². The van der Waals surface area contributed by atoms with Crippen LogP contribution in [0.5, 0.6) is 0 Å². The Bertz CT molecular complexity index is 612. The molecule has 20 heavy (non-hydrogen) atoms. The van der Waals surface area contributed by atoms with Crippen molar-refractivity contribution in [3.05, 3.63) is 40.9 Å². The van der Waals surface area contributed by atoms with E-state index in [0.29, 0.717) is 6.54 Å². The average Bonchev–Trinajstić information content (AvgIpc) is 2.47. The minimum absolute atomic E-state index is 0.0402. The Morgan fingerprint density at radius 1 is 1.20 bits per heavy atom. The number of rotatable bonds is 5. The van der Waals surface area contributed by atoms with E-state index in [1.165, 1.54) is 0 Å². The van der Waals surface area contributed by atoms with Crippen LogP contribution >= 0.6 is 15.9 Å². The van der Waals surface area contributed by atoms with E-state index in [1.54, 1.807) is 0 Å². The molecule has 0 radical (unpaired) electrons. The number of nitrogens with one attached hydrogen (secondary N) is 2. The molecule has 106 valence electrons. The number of halogens is 1. The molecule has 0 aliphatic heterocycles. The Morgan fingerprint density at radius 2 is 1.90 bits per heavy atom. The van der Waals surface area contributed by atoms with Crippen molar-refractivity contribution in [1.29, 1.82) is 0 Å². The van der Waals surface area contributed by atoms with Gasteiger partial charge in [0, 0.05) is 28.0 Å². The Balaban J connectivity index is 2.22. The number of anilines is 1. The van der Waals surface area contributed by atoms with E-state index in [1.807, 2.05) is 50.2 Å². The zero-order valence-corrected chi connectivity index (χ0v) is 13.3. The number of amides is 1. The second kappa shape index (κ2) is 6.86. The Morgan fingerprint density at radius 3 is 2.60 bits per heavy atom. The number of fused-ring (bicyclic) bond motifs is 1. The fraction of sp³-hybridized carbons (Fsp3) is 0.312. The first kappa shape index (κ1) is 15.0. The van der Waals surface area contributed by atoms with Gasteiger partial charge in [-0.1, -0.05) is 54.0 Å². The molecule has 0 heterocycles. The van der Waals surface area contributed by atoms with Crippen molar-refractivity contribution in [2.24, 2.45) is 5.92 Å². The van der Waals surface area contributed by atoms with Gasteiger partial charge in [-0.25, -0.2) is 0 Å². The van der Waals surface area contributed by atoms with E-state index in [4.69, 9.17) is 0 Å². The van der Waals surface area contributed by atoms with Crippen molar-refractivity contribution in [2.75, 3.05) is 18.4 Å². The van der Waals surface area contributed by atoms with Crippen LogP contribution in [0.1, 0.15) is 13.8 Å². The van der Waals surface area contributed by atoms with Gasteiger partial charge in [-0.15, -0.1) is 0 Å². The van der Waals surface area contributed by atoms with E-state index in [-0.39, 0.29) is 11.8 Å². The van der Waals surface area contributed by atoms with Gasteiger partial charge in [0.15, 0.2) is 0 Å². The highest BCUT2D eigenvalue weighted by molar-refractivity contribution is 9.10. The van der Waals surface area contributed by atoms with Gasteiger partial charge in [0.05, 0.1) is 0 Å². The predicted molar refractivity (Wildman–Crippen MR) is 88.0 cm³/mol. The summed E-state index contributed by atoms with van der Waals surface area (Å²) in [6, 6.07) is 11.9. The van der Waals surface area contributed by atoms with Gasteiger partial charge in [-0.3, -0.25) is 4.79 Å². The van der Waals surface area contributed by atoms with Crippen LogP contribution in [0.4, 0.5) is 5.69 Å². The van der Waals surface area contributed by atoms with Crippen molar-refractivity contribution in [3.8, 4) is 0 Å². The summed E-state index contributed by atoms with van der Waals surface area (Å²) < 4.78 is 1.03. The maximum Gasteiger partial charge on any atom is 0.228 e. The molecular weight excluding hydrogens is 316 g/mol. The molecule has 0 fully saturated rings. The van der Waals surface area contributed by atoms with Gasteiger partial charge in [0.2, 0.25) is 5.91 Å². The summed E-state index contributed by atoms with van der Waals surface area (Å²) in [7, 11) is 0. The molecule has 0 saturated heterocycles. The first-order valence-electron chi connectivity index (χ1n) is 6.82. The highest BCUT2D eigenvalue weighted by atomic mass is 79.9. The zero-order chi connectivity index (χ0) is 14.5. The number of hydrogen-bond acceptors (Lipinski definition) is 2. The van der Waals surface area contributed by atoms with Crippen molar-refractivity contribution in [3.63, 3.8) is 0 Å². The second-order valence-electron chi connectivity index (χ2n) is 4.84. The minimum Gasteiger partial charge on any atom is -0.325 e. The number of carbonyl (C=O) groups excluding carboxylic acids is 1. The summed E-state index contributed by atoms with van der Waals surface area (Å²) >= 11 is 3.54. The van der Waals surface area contributed by atoms with Crippen LogP contribution < -0.4 is 10.6 Å². The van der Waals surface area contributed by atoms with Gasteiger partial charge in [0.25, 0.3) is 0 Å². The van der Waals surface area contributed by atoms with Crippen LogP contribution in [-0.2, 0) is 4.79 Å². The van der Waals surface area contributed by atoms with Gasteiger partial charge < -0.3 is 10.6 Å². The van der Waals surface area contributed by atoms with Crippen molar-refractivity contribution in [1.82, 2.24) is 5.32 Å². The molecule has 2 rings (SSSR count). The largest absolute Gasteiger partial charge is 0.325 e. The van der Waals surface area contributed by atoms with Gasteiger partial charge in [0.1, 0.15) is 0 Å². The lowest BCUT2D eigenvalue weighted by Gasteiger charge is -2.14. The maximum absolute atomic E-state index is 12.2. The summed E-state index contributed by atoms with van der Waals surface area (Å²) in [5, 5.41) is 8.36. The second-order valence-corrected chi connectivity index (χ2v) is 5.69. The molecule has 0 saturated carbocycles. The molecule has 0 spiro atoms. The van der Waals surface area contributed by atoms with Crippen LogP contribution in [0.2, 0.25) is 0 Å². The monoisotopic (exact) mass is 334 g/mol. The molecule has 0 aliphatic rings. The van der Waals surface area contributed by atoms with Crippen LogP contribution in [-0.4, -0.2) is 19.0 Å². The Labute approximate surface area is 127 Å². The van der Waals surface area contributed by atoms with Gasteiger partial charge in [-0.2, -0.15) is 0 Å². The SMILES string of the molecule is CCNCC(C)C(=O)Nc1ccc(Br)c2ccccc12. The highest BCUT2D eigenvalue weighted by Gasteiger charge is 2.14. The molecule has 0 aromatic heterocycles. The summed E-state index contributed by atoms with van der Waals surface area (Å²) in [6.45, 7) is 5.53. The standard InChI is InChI=1S/C16H19BrN2O/c1-3-18-10-11(2)16(20)19-15-9-8-14(17)12-6-4-5-7-13(12)15/h4-9,11,18H,3,10H2,1-2H3,(H,19,20). The molecule has 3 nitrogen and oxygen atoms in total. The average molecular weight is 335 g/mol. The quantitative estimate of drug-likeness (QED) is 0.873. The molecule has 1 atom stereocenters. The van der Waals surface area contributed by atoms with E-state index in [0.717, 1.165) is 27.5 Å². The van der Waals surface area contributed by atoms with E-state index >= 15 is 0 Å². The summed E-state index contributed by atoms with van der Waals surface area (Å²) in [5.74, 6) is -0.0178. The van der Waals surface area contributed by atoms with E-state index < -0.39 is 0 Å². The third kappa shape index (κ3) is 3.38. The Kier molecular flexibility index (Phi) is 5.15.